The number of benzene rings is 3. The molecule has 1 amide bonds. The molecule has 3 aromatic carbocycles. The summed E-state index contributed by atoms with van der Waals surface area (Å²) in [6.45, 7) is 2.38. The average molecular weight is 416 g/mol. The van der Waals surface area contributed by atoms with Gasteiger partial charge in [0, 0.05) is 11.1 Å². The number of hydrogen-bond donors (Lipinski definition) is 1. The highest BCUT2D eigenvalue weighted by atomic mass is 32.2. The van der Waals surface area contributed by atoms with E-state index < -0.39 is 0 Å². The van der Waals surface area contributed by atoms with E-state index in [1.807, 2.05) is 85.8 Å². The van der Waals surface area contributed by atoms with E-state index in [0.29, 0.717) is 6.61 Å². The van der Waals surface area contributed by atoms with Crippen molar-refractivity contribution in [3.8, 4) is 5.75 Å². The second kappa shape index (κ2) is 9.41. The van der Waals surface area contributed by atoms with Gasteiger partial charge in [0.15, 0.2) is 0 Å². The van der Waals surface area contributed by atoms with Crippen LogP contribution in [0.4, 0.5) is 5.69 Å². The van der Waals surface area contributed by atoms with E-state index in [4.69, 9.17) is 4.74 Å². The summed E-state index contributed by atoms with van der Waals surface area (Å²) in [6, 6.07) is 25.2. The first kappa shape index (κ1) is 19.9. The Kier molecular flexibility index (Phi) is 6.25. The van der Waals surface area contributed by atoms with Gasteiger partial charge in [-0.2, -0.15) is 0 Å². The molecule has 5 nitrogen and oxygen atoms in total. The van der Waals surface area contributed by atoms with E-state index in [9.17, 15) is 4.79 Å². The quantitative estimate of drug-likeness (QED) is 0.327. The van der Waals surface area contributed by atoms with Crippen LogP contribution < -0.4 is 10.1 Å². The first-order valence-corrected chi connectivity index (χ1v) is 10.5. The monoisotopic (exact) mass is 415 g/mol. The minimum Gasteiger partial charge on any atom is -0.489 e. The number of aromatic nitrogens is 2. The largest absolute Gasteiger partial charge is 0.489 e. The lowest BCUT2D eigenvalue weighted by molar-refractivity contribution is -0.115. The molecule has 0 fully saturated rings. The predicted molar refractivity (Wildman–Crippen MR) is 121 cm³/mol. The molecule has 0 aliphatic heterocycles. The van der Waals surface area contributed by atoms with Gasteiger partial charge < -0.3 is 10.1 Å². The molecule has 0 aliphatic carbocycles. The molecule has 4 rings (SSSR count). The van der Waals surface area contributed by atoms with Crippen molar-refractivity contribution in [1.29, 1.82) is 0 Å². The number of thioether (sulfide) groups is 1. The molecule has 0 saturated heterocycles. The van der Waals surface area contributed by atoms with Crippen molar-refractivity contribution < 1.29 is 9.53 Å². The Morgan fingerprint density at radius 2 is 1.70 bits per heavy atom. The zero-order valence-electron chi connectivity index (χ0n) is 16.5. The van der Waals surface area contributed by atoms with E-state index in [1.165, 1.54) is 18.1 Å². The van der Waals surface area contributed by atoms with Crippen molar-refractivity contribution in [2.75, 3.05) is 5.32 Å². The molecule has 0 saturated carbocycles. The number of fused-ring (bicyclic) bond motifs is 1. The fourth-order valence-corrected chi connectivity index (χ4v) is 3.82. The molecule has 0 radical (unpaired) electrons. The lowest BCUT2D eigenvalue weighted by Gasteiger charge is -2.13. The summed E-state index contributed by atoms with van der Waals surface area (Å²) in [5.41, 5.74) is 2.71. The lowest BCUT2D eigenvalue weighted by atomic mass is 10.2. The molecule has 4 aromatic rings. The summed E-state index contributed by atoms with van der Waals surface area (Å²) >= 11 is 1.42. The van der Waals surface area contributed by atoms with E-state index in [2.05, 4.69) is 15.3 Å². The van der Waals surface area contributed by atoms with Gasteiger partial charge in [-0.3, -0.25) is 4.79 Å². The normalized spacial score (nSPS) is 11.8. The van der Waals surface area contributed by atoms with Gasteiger partial charge in [-0.25, -0.2) is 9.97 Å². The number of carbonyl (C=O) groups is 1. The third kappa shape index (κ3) is 4.96. The average Bonchev–Trinajstić information content (AvgIpc) is 2.79. The molecule has 0 aliphatic rings. The minimum atomic E-state index is -0.308. The first-order chi connectivity index (χ1) is 14.7. The molecule has 1 N–H and O–H groups in total. The summed E-state index contributed by atoms with van der Waals surface area (Å²) in [5, 5.41) is 4.39. The van der Waals surface area contributed by atoms with Gasteiger partial charge in [-0.15, -0.1) is 0 Å². The number of anilines is 1. The van der Waals surface area contributed by atoms with Crippen molar-refractivity contribution in [2.24, 2.45) is 0 Å². The van der Waals surface area contributed by atoms with Crippen LogP contribution in [-0.4, -0.2) is 21.1 Å². The molecular formula is C24H21N3O2S. The number of nitrogens with zero attached hydrogens (tertiary/aromatic N) is 2. The number of rotatable bonds is 7. The fourth-order valence-electron chi connectivity index (χ4n) is 2.91. The van der Waals surface area contributed by atoms with Gasteiger partial charge in [0.2, 0.25) is 5.91 Å². The van der Waals surface area contributed by atoms with Crippen LogP contribution >= 0.6 is 11.8 Å². The maximum absolute atomic E-state index is 12.6. The Bertz CT molecular complexity index is 1130. The number of nitrogens with one attached hydrogen (secondary N) is 1. The summed E-state index contributed by atoms with van der Waals surface area (Å²) < 4.78 is 5.79. The number of amides is 1. The zero-order valence-corrected chi connectivity index (χ0v) is 17.3. The second-order valence-electron chi connectivity index (χ2n) is 6.74. The summed E-state index contributed by atoms with van der Waals surface area (Å²) in [4.78, 5) is 21.3. The highest BCUT2D eigenvalue weighted by Gasteiger charge is 2.17. The summed E-state index contributed by atoms with van der Waals surface area (Å²) in [5.74, 6) is 0.673. The van der Waals surface area contributed by atoms with Crippen molar-refractivity contribution >= 4 is 34.3 Å². The van der Waals surface area contributed by atoms with Crippen LogP contribution in [0.2, 0.25) is 0 Å². The molecule has 0 bridgehead atoms. The van der Waals surface area contributed by atoms with Gasteiger partial charge in [-0.1, -0.05) is 60.3 Å². The SMILES string of the molecule is CC(Sc1ncnc2ccccc12)C(=O)Nc1ccc(OCc2ccccc2)cc1. The predicted octanol–water partition coefficient (Wildman–Crippen LogP) is 5.33. The Balaban J connectivity index is 1.35. The number of ether oxygens (including phenoxy) is 1. The molecule has 1 unspecified atom stereocenters. The van der Waals surface area contributed by atoms with E-state index in [0.717, 1.165) is 32.9 Å². The lowest BCUT2D eigenvalue weighted by Crippen LogP contribution is -2.22. The van der Waals surface area contributed by atoms with Crippen LogP contribution in [0.5, 0.6) is 5.75 Å². The Hall–Kier alpha value is -3.38. The molecule has 30 heavy (non-hydrogen) atoms. The van der Waals surface area contributed by atoms with Crippen molar-refractivity contribution in [1.82, 2.24) is 9.97 Å². The van der Waals surface area contributed by atoms with Gasteiger partial charge in [0.25, 0.3) is 0 Å². The van der Waals surface area contributed by atoms with E-state index in [1.54, 1.807) is 0 Å². The molecular weight excluding hydrogens is 394 g/mol. The third-order valence-corrected chi connectivity index (χ3v) is 5.65. The molecule has 1 atom stereocenters. The van der Waals surface area contributed by atoms with Crippen molar-refractivity contribution in [2.45, 2.75) is 23.8 Å². The Morgan fingerprint density at radius 3 is 2.50 bits per heavy atom. The van der Waals surface area contributed by atoms with E-state index >= 15 is 0 Å². The van der Waals surface area contributed by atoms with Crippen LogP contribution in [0.15, 0.2) is 90.2 Å². The first-order valence-electron chi connectivity index (χ1n) is 9.63. The fraction of sp³-hybridized carbons (Fsp3) is 0.125. The second-order valence-corrected chi connectivity index (χ2v) is 8.07. The standard InChI is InChI=1S/C24H21N3O2S/c1-17(30-24-21-9-5-6-10-22(21)25-16-26-24)23(28)27-19-11-13-20(14-12-19)29-15-18-7-3-2-4-8-18/h2-14,16-17H,15H2,1H3,(H,27,28). The van der Waals surface area contributed by atoms with Crippen molar-refractivity contribution in [3.63, 3.8) is 0 Å². The minimum absolute atomic E-state index is 0.0827. The van der Waals surface area contributed by atoms with Crippen LogP contribution in [0.1, 0.15) is 12.5 Å². The molecule has 0 spiro atoms. The maximum atomic E-state index is 12.6. The highest BCUT2D eigenvalue weighted by molar-refractivity contribution is 8.00. The topological polar surface area (TPSA) is 64.1 Å². The highest BCUT2D eigenvalue weighted by Crippen LogP contribution is 2.28. The smallest absolute Gasteiger partial charge is 0.237 e. The zero-order chi connectivity index (χ0) is 20.8. The van der Waals surface area contributed by atoms with Crippen LogP contribution in [0.25, 0.3) is 10.9 Å². The molecule has 6 heteroatoms. The van der Waals surface area contributed by atoms with Gasteiger partial charge in [-0.05, 0) is 42.8 Å². The summed E-state index contributed by atoms with van der Waals surface area (Å²) in [6.07, 6.45) is 1.53. The van der Waals surface area contributed by atoms with Gasteiger partial charge in [0.1, 0.15) is 23.7 Å². The number of hydrogen-bond acceptors (Lipinski definition) is 5. The van der Waals surface area contributed by atoms with Gasteiger partial charge >= 0.3 is 0 Å². The number of para-hydroxylation sites is 1. The third-order valence-electron chi connectivity index (χ3n) is 4.53. The molecule has 1 heterocycles. The maximum Gasteiger partial charge on any atom is 0.237 e. The van der Waals surface area contributed by atoms with Gasteiger partial charge in [0.05, 0.1) is 10.8 Å². The number of carbonyl (C=O) groups excluding carboxylic acids is 1. The van der Waals surface area contributed by atoms with Crippen LogP contribution in [0.3, 0.4) is 0 Å². The van der Waals surface area contributed by atoms with Crippen LogP contribution in [0, 0.1) is 0 Å². The Labute approximate surface area is 179 Å². The molecule has 150 valence electrons. The van der Waals surface area contributed by atoms with Crippen LogP contribution in [-0.2, 0) is 11.4 Å². The molecule has 1 aromatic heterocycles. The summed E-state index contributed by atoms with van der Waals surface area (Å²) in [7, 11) is 0. The van der Waals surface area contributed by atoms with E-state index in [-0.39, 0.29) is 11.2 Å². The Morgan fingerprint density at radius 1 is 0.967 bits per heavy atom. The van der Waals surface area contributed by atoms with Crippen molar-refractivity contribution in [3.05, 3.63) is 90.8 Å².